The van der Waals surface area contributed by atoms with Gasteiger partial charge in [0.1, 0.15) is 18.2 Å². The monoisotopic (exact) mass is 353 g/mol. The molecular weight excluding hydrogens is 340 g/mol. The van der Waals surface area contributed by atoms with Crippen LogP contribution in [0.5, 0.6) is 0 Å². The summed E-state index contributed by atoms with van der Waals surface area (Å²) in [5.41, 5.74) is 2.00. The molecule has 0 aliphatic rings. The van der Waals surface area contributed by atoms with E-state index in [9.17, 15) is 8.78 Å². The summed E-state index contributed by atoms with van der Waals surface area (Å²) in [4.78, 5) is 2.76. The lowest BCUT2D eigenvalue weighted by molar-refractivity contribution is 0.272. The summed E-state index contributed by atoms with van der Waals surface area (Å²) >= 11 is 0. The van der Waals surface area contributed by atoms with Gasteiger partial charge < -0.3 is 10.1 Å². The van der Waals surface area contributed by atoms with Crippen molar-refractivity contribution in [1.29, 1.82) is 0 Å². The van der Waals surface area contributed by atoms with Crippen molar-refractivity contribution in [2.24, 2.45) is 0 Å². The maximum absolute atomic E-state index is 14.4. The van der Waals surface area contributed by atoms with Crippen LogP contribution >= 0.6 is 0 Å². The zero-order valence-corrected chi connectivity index (χ0v) is 13.4. The molecule has 8 heteroatoms. The summed E-state index contributed by atoms with van der Waals surface area (Å²) in [6.07, 6.45) is 3.44. The quantitative estimate of drug-likeness (QED) is 0.525. The number of benzene rings is 2. The van der Waals surface area contributed by atoms with E-state index in [2.05, 4.69) is 25.4 Å². The van der Waals surface area contributed by atoms with Gasteiger partial charge in [-0.1, -0.05) is 18.2 Å². The molecule has 4 aromatic rings. The standard InChI is InChI=1S/C18H13F2N5O/c19-11-3-1-2-10(6-11)4-5-15-13-7-12(14(20)8-16(13)23-22-15)18-21-17(9-26)24-25-18/h1-8,26H,9H2,(H,22,23)(H,21,24,25)/b5-4+. The molecule has 0 aliphatic carbocycles. The van der Waals surface area contributed by atoms with Crippen molar-refractivity contribution in [2.45, 2.75) is 6.61 Å². The molecule has 0 spiro atoms. The second-order valence-electron chi connectivity index (χ2n) is 5.65. The number of H-pyrrole nitrogens is 2. The van der Waals surface area contributed by atoms with Crippen molar-refractivity contribution >= 4 is 23.1 Å². The molecule has 0 unspecified atom stereocenters. The first-order chi connectivity index (χ1) is 12.6. The number of aliphatic hydroxyl groups excluding tert-OH is 1. The van der Waals surface area contributed by atoms with Gasteiger partial charge in [0, 0.05) is 11.5 Å². The summed E-state index contributed by atoms with van der Waals surface area (Å²) in [7, 11) is 0. The average Bonchev–Trinajstić information content (AvgIpc) is 3.26. The number of aliphatic hydroxyl groups is 1. The zero-order chi connectivity index (χ0) is 18.1. The smallest absolute Gasteiger partial charge is 0.164 e. The Labute approximate surface area is 146 Å². The zero-order valence-electron chi connectivity index (χ0n) is 13.4. The lowest BCUT2D eigenvalue weighted by atomic mass is 10.1. The van der Waals surface area contributed by atoms with Crippen molar-refractivity contribution in [3.05, 3.63) is 65.1 Å². The Morgan fingerprint density at radius 1 is 1.08 bits per heavy atom. The Morgan fingerprint density at radius 3 is 2.73 bits per heavy atom. The predicted octanol–water partition coefficient (Wildman–Crippen LogP) is 3.29. The molecule has 0 aliphatic heterocycles. The van der Waals surface area contributed by atoms with E-state index >= 15 is 0 Å². The second-order valence-corrected chi connectivity index (χ2v) is 5.65. The van der Waals surface area contributed by atoms with Crippen molar-refractivity contribution in [1.82, 2.24) is 25.4 Å². The van der Waals surface area contributed by atoms with Crippen molar-refractivity contribution in [3.63, 3.8) is 0 Å². The van der Waals surface area contributed by atoms with Gasteiger partial charge in [-0.2, -0.15) is 5.10 Å². The molecule has 2 heterocycles. The number of hydrogen-bond donors (Lipinski definition) is 3. The fraction of sp³-hybridized carbons (Fsp3) is 0.0556. The fourth-order valence-electron chi connectivity index (χ4n) is 2.64. The Kier molecular flexibility index (Phi) is 4.02. The summed E-state index contributed by atoms with van der Waals surface area (Å²) in [5.74, 6) is -0.358. The normalized spacial score (nSPS) is 11.7. The Morgan fingerprint density at radius 2 is 1.96 bits per heavy atom. The SMILES string of the molecule is OCc1nnc(-c2cc3c(/C=C/c4cccc(F)c4)n[nH]c3cc2F)[nH]1. The minimum Gasteiger partial charge on any atom is -0.388 e. The van der Waals surface area contributed by atoms with Gasteiger partial charge in [-0.05, 0) is 29.8 Å². The van der Waals surface area contributed by atoms with Gasteiger partial charge >= 0.3 is 0 Å². The minimum atomic E-state index is -0.498. The van der Waals surface area contributed by atoms with E-state index in [1.165, 1.54) is 18.2 Å². The highest BCUT2D eigenvalue weighted by atomic mass is 19.1. The van der Waals surface area contributed by atoms with Crippen LogP contribution in [0.2, 0.25) is 0 Å². The van der Waals surface area contributed by atoms with Crippen LogP contribution < -0.4 is 0 Å². The third kappa shape index (κ3) is 2.98. The van der Waals surface area contributed by atoms with E-state index in [1.54, 1.807) is 30.4 Å². The topological polar surface area (TPSA) is 90.5 Å². The Hall–Kier alpha value is -3.39. The largest absolute Gasteiger partial charge is 0.388 e. The number of rotatable bonds is 4. The highest BCUT2D eigenvalue weighted by Crippen LogP contribution is 2.27. The van der Waals surface area contributed by atoms with Gasteiger partial charge in [0.25, 0.3) is 0 Å². The second kappa shape index (κ2) is 6.49. The van der Waals surface area contributed by atoms with Crippen LogP contribution in [0, 0.1) is 11.6 Å². The summed E-state index contributed by atoms with van der Waals surface area (Å²) in [6, 6.07) is 9.08. The maximum atomic E-state index is 14.4. The first-order valence-corrected chi connectivity index (χ1v) is 7.78. The number of aromatic amines is 2. The van der Waals surface area contributed by atoms with Gasteiger partial charge in [-0.25, -0.2) is 8.78 Å². The Bertz CT molecular complexity index is 1120. The lowest BCUT2D eigenvalue weighted by Crippen LogP contribution is -1.88. The number of aromatic nitrogens is 5. The molecule has 0 amide bonds. The minimum absolute atomic E-state index is 0.214. The third-order valence-corrected chi connectivity index (χ3v) is 3.90. The molecule has 3 N–H and O–H groups in total. The van der Waals surface area contributed by atoms with Crippen LogP contribution in [-0.2, 0) is 6.61 Å². The lowest BCUT2D eigenvalue weighted by Gasteiger charge is -2.00. The molecule has 2 aromatic heterocycles. The number of nitrogens with one attached hydrogen (secondary N) is 2. The summed E-state index contributed by atoms with van der Waals surface area (Å²) in [5, 5.41) is 24.3. The highest BCUT2D eigenvalue weighted by molar-refractivity contribution is 5.92. The highest BCUT2D eigenvalue weighted by Gasteiger charge is 2.14. The van der Waals surface area contributed by atoms with Crippen molar-refractivity contribution < 1.29 is 13.9 Å². The van der Waals surface area contributed by atoms with Crippen LogP contribution in [0.15, 0.2) is 36.4 Å². The Balaban J connectivity index is 1.76. The van der Waals surface area contributed by atoms with Crippen LogP contribution in [0.1, 0.15) is 17.1 Å². The fourth-order valence-corrected chi connectivity index (χ4v) is 2.64. The first-order valence-electron chi connectivity index (χ1n) is 7.78. The van der Waals surface area contributed by atoms with Gasteiger partial charge in [0.2, 0.25) is 0 Å². The van der Waals surface area contributed by atoms with E-state index < -0.39 is 5.82 Å². The van der Waals surface area contributed by atoms with E-state index in [0.717, 1.165) is 0 Å². The maximum Gasteiger partial charge on any atom is 0.164 e. The summed E-state index contributed by atoms with van der Waals surface area (Å²) in [6.45, 7) is -0.315. The molecule has 0 saturated carbocycles. The predicted molar refractivity (Wildman–Crippen MR) is 92.7 cm³/mol. The molecule has 0 bridgehead atoms. The molecule has 6 nitrogen and oxygen atoms in total. The van der Waals surface area contributed by atoms with Crippen molar-refractivity contribution in [3.8, 4) is 11.4 Å². The molecule has 0 atom stereocenters. The van der Waals surface area contributed by atoms with E-state index in [1.807, 2.05) is 0 Å². The van der Waals surface area contributed by atoms with Gasteiger partial charge in [0.15, 0.2) is 11.6 Å². The summed E-state index contributed by atoms with van der Waals surface area (Å²) < 4.78 is 27.6. The molecule has 0 fully saturated rings. The number of halogens is 2. The van der Waals surface area contributed by atoms with Crippen molar-refractivity contribution in [2.75, 3.05) is 0 Å². The number of fused-ring (bicyclic) bond motifs is 1. The molecule has 26 heavy (non-hydrogen) atoms. The van der Waals surface area contributed by atoms with Crippen LogP contribution in [0.4, 0.5) is 8.78 Å². The van der Waals surface area contributed by atoms with E-state index in [4.69, 9.17) is 5.11 Å². The number of hydrogen-bond acceptors (Lipinski definition) is 4. The third-order valence-electron chi connectivity index (χ3n) is 3.90. The molecular formula is C18H13F2N5O. The average molecular weight is 353 g/mol. The molecule has 4 rings (SSSR count). The van der Waals surface area contributed by atoms with E-state index in [0.29, 0.717) is 22.2 Å². The molecule has 0 saturated heterocycles. The van der Waals surface area contributed by atoms with Crippen LogP contribution in [-0.4, -0.2) is 30.5 Å². The van der Waals surface area contributed by atoms with Gasteiger partial charge in [0.05, 0.1) is 16.8 Å². The first kappa shape index (κ1) is 16.1. The van der Waals surface area contributed by atoms with Crippen LogP contribution in [0.25, 0.3) is 34.4 Å². The molecule has 2 aromatic carbocycles. The number of nitrogens with zero attached hydrogens (tertiary/aromatic N) is 3. The molecule has 130 valence electrons. The molecule has 0 radical (unpaired) electrons. The van der Waals surface area contributed by atoms with Gasteiger partial charge in [-0.3, -0.25) is 5.10 Å². The van der Waals surface area contributed by atoms with Crippen LogP contribution in [0.3, 0.4) is 0 Å². The van der Waals surface area contributed by atoms with Gasteiger partial charge in [-0.15, -0.1) is 10.2 Å². The van der Waals surface area contributed by atoms with E-state index in [-0.39, 0.29) is 29.6 Å².